The van der Waals surface area contributed by atoms with Gasteiger partial charge in [-0.05, 0) is 42.8 Å². The molecule has 0 saturated carbocycles. The van der Waals surface area contributed by atoms with E-state index in [2.05, 4.69) is 4.98 Å². The molecule has 0 spiro atoms. The number of halogens is 1. The molecule has 4 heteroatoms. The number of hydrogen-bond donors (Lipinski definition) is 0. The lowest BCUT2D eigenvalue weighted by atomic mass is 10.1. The zero-order valence-electron chi connectivity index (χ0n) is 10.7. The van der Waals surface area contributed by atoms with Crippen LogP contribution >= 0.6 is 0 Å². The highest BCUT2D eigenvalue weighted by molar-refractivity contribution is 5.66. The van der Waals surface area contributed by atoms with Gasteiger partial charge in [-0.1, -0.05) is 0 Å². The van der Waals surface area contributed by atoms with Crippen LogP contribution in [0.2, 0.25) is 0 Å². The maximum atomic E-state index is 13.3. The fourth-order valence-electron chi connectivity index (χ4n) is 2.09. The van der Waals surface area contributed by atoms with Gasteiger partial charge in [-0.3, -0.25) is 0 Å². The third-order valence-corrected chi connectivity index (χ3v) is 3.12. The van der Waals surface area contributed by atoms with Crippen molar-refractivity contribution in [1.82, 2.24) is 9.38 Å². The van der Waals surface area contributed by atoms with Gasteiger partial charge in [0.15, 0.2) is 11.4 Å². The van der Waals surface area contributed by atoms with Gasteiger partial charge in [0.25, 0.3) is 0 Å². The Morgan fingerprint density at radius 3 is 2.84 bits per heavy atom. The van der Waals surface area contributed by atoms with Crippen LogP contribution in [0.5, 0.6) is 5.75 Å². The van der Waals surface area contributed by atoms with Gasteiger partial charge in [-0.25, -0.2) is 9.37 Å². The molecule has 0 aliphatic rings. The lowest BCUT2D eigenvalue weighted by Crippen LogP contribution is -1.88. The van der Waals surface area contributed by atoms with Crippen molar-refractivity contribution in [2.24, 2.45) is 0 Å². The number of pyridine rings is 1. The molecule has 0 N–H and O–H groups in total. The molecule has 0 amide bonds. The Balaban J connectivity index is 2.17. The molecule has 0 atom stereocenters. The summed E-state index contributed by atoms with van der Waals surface area (Å²) in [6.45, 7) is 1.75. The Hall–Kier alpha value is -2.36. The molecule has 0 aliphatic heterocycles. The standard InChI is InChI=1S/C15H13FN2O/c1-10-8-11(5-6-12(10)16)13-9-18-7-3-4-14(19-2)15(18)17-13/h3-9H,1-2H3. The number of ether oxygens (including phenoxy) is 1. The van der Waals surface area contributed by atoms with Crippen LogP contribution in [0, 0.1) is 12.7 Å². The largest absolute Gasteiger partial charge is 0.493 e. The lowest BCUT2D eigenvalue weighted by Gasteiger charge is -2.00. The highest BCUT2D eigenvalue weighted by Gasteiger charge is 2.09. The average Bonchev–Trinajstić information content (AvgIpc) is 2.85. The number of rotatable bonds is 2. The first-order valence-corrected chi connectivity index (χ1v) is 5.97. The van der Waals surface area contributed by atoms with Crippen LogP contribution in [0.3, 0.4) is 0 Å². The quantitative estimate of drug-likeness (QED) is 0.702. The lowest BCUT2D eigenvalue weighted by molar-refractivity contribution is 0.417. The Bertz CT molecular complexity index is 749. The van der Waals surface area contributed by atoms with Crippen LogP contribution in [0.1, 0.15) is 5.56 Å². The first kappa shape index (κ1) is 11.7. The molecule has 0 radical (unpaired) electrons. The highest BCUT2D eigenvalue weighted by Crippen LogP contribution is 2.25. The van der Waals surface area contributed by atoms with Gasteiger partial charge in [0.05, 0.1) is 12.8 Å². The smallest absolute Gasteiger partial charge is 0.180 e. The highest BCUT2D eigenvalue weighted by atomic mass is 19.1. The van der Waals surface area contributed by atoms with E-state index in [0.29, 0.717) is 11.3 Å². The van der Waals surface area contributed by atoms with Crippen LogP contribution in [-0.2, 0) is 0 Å². The van der Waals surface area contributed by atoms with Crippen molar-refractivity contribution in [3.63, 3.8) is 0 Å². The van der Waals surface area contributed by atoms with Gasteiger partial charge >= 0.3 is 0 Å². The van der Waals surface area contributed by atoms with Gasteiger partial charge in [0, 0.05) is 18.0 Å². The molecular weight excluding hydrogens is 243 g/mol. The fraction of sp³-hybridized carbons (Fsp3) is 0.133. The summed E-state index contributed by atoms with van der Waals surface area (Å²) in [7, 11) is 1.62. The number of aryl methyl sites for hydroxylation is 1. The van der Waals surface area contributed by atoms with E-state index in [1.807, 2.05) is 28.9 Å². The number of benzene rings is 1. The van der Waals surface area contributed by atoms with Gasteiger partial charge in [0.2, 0.25) is 0 Å². The van der Waals surface area contributed by atoms with E-state index >= 15 is 0 Å². The van der Waals surface area contributed by atoms with Gasteiger partial charge in [0.1, 0.15) is 5.82 Å². The Morgan fingerprint density at radius 1 is 1.26 bits per heavy atom. The predicted molar refractivity (Wildman–Crippen MR) is 71.9 cm³/mol. The average molecular weight is 256 g/mol. The topological polar surface area (TPSA) is 26.5 Å². The number of methoxy groups -OCH3 is 1. The summed E-state index contributed by atoms with van der Waals surface area (Å²) < 4.78 is 20.5. The summed E-state index contributed by atoms with van der Waals surface area (Å²) in [6.07, 6.45) is 3.81. The maximum absolute atomic E-state index is 13.3. The minimum absolute atomic E-state index is 0.204. The van der Waals surface area contributed by atoms with E-state index in [0.717, 1.165) is 16.9 Å². The van der Waals surface area contributed by atoms with E-state index in [1.165, 1.54) is 6.07 Å². The van der Waals surface area contributed by atoms with Crippen molar-refractivity contribution in [3.05, 3.63) is 54.1 Å². The van der Waals surface area contributed by atoms with Crippen LogP contribution in [0.4, 0.5) is 4.39 Å². The molecule has 19 heavy (non-hydrogen) atoms. The van der Waals surface area contributed by atoms with Crippen molar-refractivity contribution in [2.75, 3.05) is 7.11 Å². The van der Waals surface area contributed by atoms with Crippen molar-refractivity contribution in [1.29, 1.82) is 0 Å². The molecule has 3 aromatic rings. The van der Waals surface area contributed by atoms with Crippen LogP contribution < -0.4 is 4.74 Å². The molecule has 0 saturated heterocycles. The molecule has 3 nitrogen and oxygen atoms in total. The second-order valence-electron chi connectivity index (χ2n) is 4.40. The minimum Gasteiger partial charge on any atom is -0.493 e. The fourth-order valence-corrected chi connectivity index (χ4v) is 2.09. The van der Waals surface area contributed by atoms with E-state index in [1.54, 1.807) is 26.2 Å². The van der Waals surface area contributed by atoms with Crippen molar-refractivity contribution < 1.29 is 9.13 Å². The van der Waals surface area contributed by atoms with E-state index in [-0.39, 0.29) is 5.82 Å². The summed E-state index contributed by atoms with van der Waals surface area (Å²) in [5.41, 5.74) is 3.06. The molecular formula is C15H13FN2O. The third kappa shape index (κ3) is 1.95. The monoisotopic (exact) mass is 256 g/mol. The second kappa shape index (κ2) is 4.39. The van der Waals surface area contributed by atoms with Gasteiger partial charge < -0.3 is 9.14 Å². The van der Waals surface area contributed by atoms with Crippen molar-refractivity contribution in [3.8, 4) is 17.0 Å². The van der Waals surface area contributed by atoms with Gasteiger partial charge in [-0.2, -0.15) is 0 Å². The Labute approximate surface area is 110 Å². The second-order valence-corrected chi connectivity index (χ2v) is 4.40. The molecule has 0 bridgehead atoms. The summed E-state index contributed by atoms with van der Waals surface area (Å²) in [4.78, 5) is 4.54. The third-order valence-electron chi connectivity index (χ3n) is 3.12. The summed E-state index contributed by atoms with van der Waals surface area (Å²) in [6, 6.07) is 8.75. The minimum atomic E-state index is -0.204. The molecule has 0 aliphatic carbocycles. The molecule has 2 aromatic heterocycles. The number of hydrogen-bond acceptors (Lipinski definition) is 2. The van der Waals surface area contributed by atoms with Crippen LogP contribution in [-0.4, -0.2) is 16.5 Å². The molecule has 2 heterocycles. The van der Waals surface area contributed by atoms with E-state index < -0.39 is 0 Å². The van der Waals surface area contributed by atoms with Crippen LogP contribution in [0.15, 0.2) is 42.7 Å². The Kier molecular flexibility index (Phi) is 2.71. The van der Waals surface area contributed by atoms with Crippen molar-refractivity contribution in [2.45, 2.75) is 6.92 Å². The zero-order chi connectivity index (χ0) is 13.4. The number of imidazole rings is 1. The number of fused-ring (bicyclic) bond motifs is 1. The number of nitrogens with zero attached hydrogens (tertiary/aromatic N) is 2. The van der Waals surface area contributed by atoms with E-state index in [4.69, 9.17) is 4.74 Å². The first-order valence-electron chi connectivity index (χ1n) is 5.97. The predicted octanol–water partition coefficient (Wildman–Crippen LogP) is 3.46. The summed E-state index contributed by atoms with van der Waals surface area (Å²) >= 11 is 0. The van der Waals surface area contributed by atoms with Crippen molar-refractivity contribution >= 4 is 5.65 Å². The molecule has 0 fully saturated rings. The SMILES string of the molecule is COc1cccn2cc(-c3ccc(F)c(C)c3)nc12. The van der Waals surface area contributed by atoms with Crippen LogP contribution in [0.25, 0.3) is 16.9 Å². The summed E-state index contributed by atoms with van der Waals surface area (Å²) in [5, 5.41) is 0. The normalized spacial score (nSPS) is 10.9. The molecule has 96 valence electrons. The number of aromatic nitrogens is 2. The Morgan fingerprint density at radius 2 is 2.11 bits per heavy atom. The van der Waals surface area contributed by atoms with Gasteiger partial charge in [-0.15, -0.1) is 0 Å². The zero-order valence-corrected chi connectivity index (χ0v) is 10.7. The van der Waals surface area contributed by atoms with E-state index in [9.17, 15) is 4.39 Å². The summed E-state index contributed by atoms with van der Waals surface area (Å²) in [5.74, 6) is 0.512. The molecule has 1 aromatic carbocycles. The molecule has 3 rings (SSSR count). The first-order chi connectivity index (χ1) is 9.19. The molecule has 0 unspecified atom stereocenters. The maximum Gasteiger partial charge on any atom is 0.180 e.